The SMILES string of the molecule is CO[C@H]1C[C@@H](CO)N(C(=O)CN(C)C(C)=O)C1. The van der Waals surface area contributed by atoms with Crippen molar-refractivity contribution in [3.8, 4) is 0 Å². The second-order valence-electron chi connectivity index (χ2n) is 4.35. The molecule has 0 aliphatic carbocycles. The fourth-order valence-electron chi connectivity index (χ4n) is 1.93. The summed E-state index contributed by atoms with van der Waals surface area (Å²) in [6.07, 6.45) is 0.612. The fourth-order valence-corrected chi connectivity index (χ4v) is 1.93. The second kappa shape index (κ2) is 5.97. The molecule has 1 N–H and O–H groups in total. The number of rotatable bonds is 4. The summed E-state index contributed by atoms with van der Waals surface area (Å²) in [7, 11) is 3.17. The van der Waals surface area contributed by atoms with Crippen LogP contribution in [-0.4, -0.2) is 72.7 Å². The summed E-state index contributed by atoms with van der Waals surface area (Å²) in [6, 6.07) is -0.201. The molecule has 0 radical (unpaired) electrons. The van der Waals surface area contributed by atoms with Crippen LogP contribution in [0.1, 0.15) is 13.3 Å². The van der Waals surface area contributed by atoms with E-state index in [0.29, 0.717) is 13.0 Å². The Balaban J connectivity index is 2.58. The molecule has 1 heterocycles. The van der Waals surface area contributed by atoms with Crippen LogP contribution in [0.4, 0.5) is 0 Å². The van der Waals surface area contributed by atoms with Gasteiger partial charge in [0.1, 0.15) is 0 Å². The van der Waals surface area contributed by atoms with E-state index in [2.05, 4.69) is 0 Å². The van der Waals surface area contributed by atoms with E-state index >= 15 is 0 Å². The highest BCUT2D eigenvalue weighted by atomic mass is 16.5. The number of ether oxygens (including phenoxy) is 1. The molecule has 1 aliphatic rings. The van der Waals surface area contributed by atoms with Crippen molar-refractivity contribution in [3.63, 3.8) is 0 Å². The zero-order valence-corrected chi connectivity index (χ0v) is 10.5. The molecule has 1 aliphatic heterocycles. The summed E-state index contributed by atoms with van der Waals surface area (Å²) in [5, 5.41) is 9.21. The smallest absolute Gasteiger partial charge is 0.242 e. The van der Waals surface area contributed by atoms with Crippen molar-refractivity contribution in [2.75, 3.05) is 33.9 Å². The van der Waals surface area contributed by atoms with Gasteiger partial charge in [0, 0.05) is 27.6 Å². The molecule has 98 valence electrons. The Morgan fingerprint density at radius 1 is 1.53 bits per heavy atom. The average molecular weight is 244 g/mol. The van der Waals surface area contributed by atoms with Gasteiger partial charge in [0.2, 0.25) is 11.8 Å². The van der Waals surface area contributed by atoms with Gasteiger partial charge in [-0.05, 0) is 6.42 Å². The molecule has 0 spiro atoms. The van der Waals surface area contributed by atoms with Crippen LogP contribution in [0.2, 0.25) is 0 Å². The Labute approximate surface area is 101 Å². The summed E-state index contributed by atoms with van der Waals surface area (Å²) in [4.78, 5) is 26.0. The Morgan fingerprint density at radius 3 is 2.65 bits per heavy atom. The number of hydrogen-bond donors (Lipinski definition) is 1. The van der Waals surface area contributed by atoms with Crippen molar-refractivity contribution in [2.45, 2.75) is 25.5 Å². The molecular formula is C11H20N2O4. The van der Waals surface area contributed by atoms with E-state index in [0.717, 1.165) is 0 Å². The van der Waals surface area contributed by atoms with Crippen LogP contribution in [-0.2, 0) is 14.3 Å². The Morgan fingerprint density at radius 2 is 2.18 bits per heavy atom. The molecule has 0 aromatic heterocycles. The van der Waals surface area contributed by atoms with Crippen LogP contribution in [0.5, 0.6) is 0 Å². The number of methoxy groups -OCH3 is 1. The molecule has 6 heteroatoms. The lowest BCUT2D eigenvalue weighted by Crippen LogP contribution is -2.44. The van der Waals surface area contributed by atoms with Crippen molar-refractivity contribution in [1.29, 1.82) is 0 Å². The van der Waals surface area contributed by atoms with Gasteiger partial charge in [-0.3, -0.25) is 9.59 Å². The number of likely N-dealkylation sites (tertiary alicyclic amines) is 1. The van der Waals surface area contributed by atoms with Crippen LogP contribution >= 0.6 is 0 Å². The number of carbonyl (C=O) groups excluding carboxylic acids is 2. The number of hydrogen-bond acceptors (Lipinski definition) is 4. The van der Waals surface area contributed by atoms with Gasteiger partial charge in [0.15, 0.2) is 0 Å². The van der Waals surface area contributed by atoms with E-state index in [9.17, 15) is 14.7 Å². The van der Waals surface area contributed by atoms with Crippen molar-refractivity contribution in [3.05, 3.63) is 0 Å². The minimum absolute atomic E-state index is 0.0289. The summed E-state index contributed by atoms with van der Waals surface area (Å²) >= 11 is 0. The molecule has 1 saturated heterocycles. The van der Waals surface area contributed by atoms with Gasteiger partial charge in [0.25, 0.3) is 0 Å². The predicted molar refractivity (Wildman–Crippen MR) is 61.3 cm³/mol. The van der Waals surface area contributed by atoms with E-state index in [-0.39, 0.29) is 37.1 Å². The van der Waals surface area contributed by atoms with Gasteiger partial charge in [0.05, 0.1) is 25.3 Å². The minimum atomic E-state index is -0.201. The van der Waals surface area contributed by atoms with Gasteiger partial charge in [-0.15, -0.1) is 0 Å². The van der Waals surface area contributed by atoms with E-state index in [4.69, 9.17) is 4.74 Å². The Hall–Kier alpha value is -1.14. The maximum Gasteiger partial charge on any atom is 0.242 e. The quantitative estimate of drug-likeness (QED) is 0.694. The van der Waals surface area contributed by atoms with Gasteiger partial charge < -0.3 is 19.6 Å². The highest BCUT2D eigenvalue weighted by Gasteiger charge is 2.35. The molecule has 0 saturated carbocycles. The first-order valence-corrected chi connectivity index (χ1v) is 5.64. The Kier molecular flexibility index (Phi) is 4.89. The van der Waals surface area contributed by atoms with Gasteiger partial charge in [-0.25, -0.2) is 0 Å². The molecule has 1 fully saturated rings. The van der Waals surface area contributed by atoms with Crippen LogP contribution in [0.15, 0.2) is 0 Å². The summed E-state index contributed by atoms with van der Waals surface area (Å²) in [5.74, 6) is -0.303. The lowest BCUT2D eigenvalue weighted by Gasteiger charge is -2.25. The highest BCUT2D eigenvalue weighted by Crippen LogP contribution is 2.19. The van der Waals surface area contributed by atoms with Crippen LogP contribution in [0, 0.1) is 0 Å². The average Bonchev–Trinajstić information content (AvgIpc) is 2.71. The van der Waals surface area contributed by atoms with Crippen LogP contribution in [0.3, 0.4) is 0 Å². The third-order valence-electron chi connectivity index (χ3n) is 3.15. The molecule has 0 aromatic carbocycles. The largest absolute Gasteiger partial charge is 0.394 e. The lowest BCUT2D eigenvalue weighted by molar-refractivity contribution is -0.139. The predicted octanol–water partition coefficient (Wildman–Crippen LogP) is -0.927. The minimum Gasteiger partial charge on any atom is -0.394 e. The number of aliphatic hydroxyl groups is 1. The zero-order valence-electron chi connectivity index (χ0n) is 10.5. The summed E-state index contributed by atoms with van der Waals surface area (Å²) in [6.45, 7) is 1.86. The van der Waals surface area contributed by atoms with Crippen molar-refractivity contribution in [2.24, 2.45) is 0 Å². The molecule has 2 amide bonds. The first-order chi connectivity index (χ1) is 7.99. The van der Waals surface area contributed by atoms with Gasteiger partial charge >= 0.3 is 0 Å². The standard InChI is InChI=1S/C11H20N2O4/c1-8(15)12(2)6-11(16)13-5-10(17-3)4-9(13)7-14/h9-10,14H,4-7H2,1-3H3/t9-,10-/m0/s1. The van der Waals surface area contributed by atoms with Crippen molar-refractivity contribution < 1.29 is 19.4 Å². The number of amides is 2. The van der Waals surface area contributed by atoms with E-state index in [1.165, 1.54) is 11.8 Å². The molecule has 0 aromatic rings. The van der Waals surface area contributed by atoms with Gasteiger partial charge in [-0.1, -0.05) is 0 Å². The number of carbonyl (C=O) groups is 2. The van der Waals surface area contributed by atoms with E-state index < -0.39 is 0 Å². The molecule has 6 nitrogen and oxygen atoms in total. The van der Waals surface area contributed by atoms with E-state index in [1.54, 1.807) is 19.1 Å². The maximum absolute atomic E-state index is 12.0. The third-order valence-corrected chi connectivity index (χ3v) is 3.15. The van der Waals surface area contributed by atoms with Crippen molar-refractivity contribution >= 4 is 11.8 Å². The van der Waals surface area contributed by atoms with E-state index in [1.807, 2.05) is 0 Å². The monoisotopic (exact) mass is 244 g/mol. The Bertz CT molecular complexity index is 295. The number of aliphatic hydroxyl groups excluding tert-OH is 1. The van der Waals surface area contributed by atoms with Crippen molar-refractivity contribution in [1.82, 2.24) is 9.80 Å². The zero-order chi connectivity index (χ0) is 13.0. The summed E-state index contributed by atoms with van der Waals surface area (Å²) in [5.41, 5.74) is 0. The second-order valence-corrected chi connectivity index (χ2v) is 4.35. The first kappa shape index (κ1) is 13.9. The molecule has 0 unspecified atom stereocenters. The normalized spacial score (nSPS) is 23.9. The topological polar surface area (TPSA) is 70.1 Å². The van der Waals surface area contributed by atoms with Crippen LogP contribution < -0.4 is 0 Å². The molecule has 2 atom stereocenters. The molecule has 0 bridgehead atoms. The number of nitrogens with zero attached hydrogens (tertiary/aromatic N) is 2. The number of likely N-dealkylation sites (N-methyl/N-ethyl adjacent to an activating group) is 1. The molecular weight excluding hydrogens is 224 g/mol. The van der Waals surface area contributed by atoms with Crippen LogP contribution in [0.25, 0.3) is 0 Å². The first-order valence-electron chi connectivity index (χ1n) is 5.64. The lowest BCUT2D eigenvalue weighted by atomic mass is 10.2. The fraction of sp³-hybridized carbons (Fsp3) is 0.818. The molecule has 17 heavy (non-hydrogen) atoms. The molecule has 1 rings (SSSR count). The maximum atomic E-state index is 12.0. The summed E-state index contributed by atoms with van der Waals surface area (Å²) < 4.78 is 5.19. The highest BCUT2D eigenvalue weighted by molar-refractivity contribution is 5.84. The third kappa shape index (κ3) is 3.41. The van der Waals surface area contributed by atoms with Gasteiger partial charge in [-0.2, -0.15) is 0 Å².